The van der Waals surface area contributed by atoms with Crippen LogP contribution in [0.5, 0.6) is 11.5 Å². The first kappa shape index (κ1) is 15.6. The lowest BCUT2D eigenvalue weighted by Gasteiger charge is -2.34. The number of benzene rings is 1. The number of amides is 1. The summed E-state index contributed by atoms with van der Waals surface area (Å²) in [4.78, 5) is 14.1. The average Bonchev–Trinajstić information content (AvgIpc) is 2.51. The SMILES string of the molecule is CCOc1cccc(CN2CCCCC2C(=O)NC)c1O. The molecule has 116 valence electrons. The minimum atomic E-state index is -0.112. The molecule has 5 nitrogen and oxygen atoms in total. The number of likely N-dealkylation sites (tertiary alicyclic amines) is 1. The second kappa shape index (κ2) is 7.31. The summed E-state index contributed by atoms with van der Waals surface area (Å²) in [6.07, 6.45) is 3.02. The fourth-order valence-electron chi connectivity index (χ4n) is 2.83. The zero-order valence-corrected chi connectivity index (χ0v) is 12.8. The third-order valence-corrected chi connectivity index (χ3v) is 3.92. The number of nitrogens with zero attached hydrogens (tertiary/aromatic N) is 1. The van der Waals surface area contributed by atoms with Gasteiger partial charge in [0, 0.05) is 19.2 Å². The largest absolute Gasteiger partial charge is 0.504 e. The molecule has 1 atom stereocenters. The molecule has 0 bridgehead atoms. The number of rotatable bonds is 5. The number of para-hydroxylation sites is 1. The molecule has 2 rings (SSSR count). The smallest absolute Gasteiger partial charge is 0.237 e. The summed E-state index contributed by atoms with van der Waals surface area (Å²) < 4.78 is 5.41. The zero-order valence-electron chi connectivity index (χ0n) is 12.8. The number of hydrogen-bond acceptors (Lipinski definition) is 4. The van der Waals surface area contributed by atoms with Crippen molar-refractivity contribution in [2.24, 2.45) is 0 Å². The average molecular weight is 292 g/mol. The third-order valence-electron chi connectivity index (χ3n) is 3.92. The molecular weight excluding hydrogens is 268 g/mol. The molecule has 0 radical (unpaired) electrons. The highest BCUT2D eigenvalue weighted by atomic mass is 16.5. The predicted molar refractivity (Wildman–Crippen MR) is 81.4 cm³/mol. The lowest BCUT2D eigenvalue weighted by molar-refractivity contribution is -0.127. The van der Waals surface area contributed by atoms with E-state index in [9.17, 15) is 9.90 Å². The number of likely N-dealkylation sites (N-methyl/N-ethyl adjacent to an activating group) is 1. The number of phenolic OH excluding ortho intramolecular Hbond substituents is 1. The number of carbonyl (C=O) groups is 1. The van der Waals surface area contributed by atoms with Crippen LogP contribution in [0.3, 0.4) is 0 Å². The number of nitrogens with one attached hydrogen (secondary N) is 1. The molecule has 1 aromatic carbocycles. The first-order chi connectivity index (χ1) is 10.2. The Morgan fingerprint density at radius 3 is 3.00 bits per heavy atom. The molecule has 5 heteroatoms. The third kappa shape index (κ3) is 3.67. The molecular formula is C16H24N2O3. The predicted octanol–water partition coefficient (Wildman–Crippen LogP) is 1.89. The van der Waals surface area contributed by atoms with E-state index in [0.717, 1.165) is 31.4 Å². The Labute approximate surface area is 125 Å². The van der Waals surface area contributed by atoms with Crippen molar-refractivity contribution in [1.82, 2.24) is 10.2 Å². The van der Waals surface area contributed by atoms with Crippen LogP contribution in [0.2, 0.25) is 0 Å². The molecule has 0 saturated carbocycles. The lowest BCUT2D eigenvalue weighted by atomic mass is 10.00. The highest BCUT2D eigenvalue weighted by Crippen LogP contribution is 2.32. The zero-order chi connectivity index (χ0) is 15.2. The van der Waals surface area contributed by atoms with Gasteiger partial charge in [0.2, 0.25) is 5.91 Å². The van der Waals surface area contributed by atoms with Crippen LogP contribution in [0.1, 0.15) is 31.7 Å². The number of hydrogen-bond donors (Lipinski definition) is 2. The Balaban J connectivity index is 2.15. The molecule has 1 fully saturated rings. The van der Waals surface area contributed by atoms with E-state index in [-0.39, 0.29) is 17.7 Å². The number of aromatic hydroxyl groups is 1. The van der Waals surface area contributed by atoms with Gasteiger partial charge < -0.3 is 15.2 Å². The fourth-order valence-corrected chi connectivity index (χ4v) is 2.83. The van der Waals surface area contributed by atoms with Crippen LogP contribution in [0.4, 0.5) is 0 Å². The molecule has 1 aliphatic rings. The van der Waals surface area contributed by atoms with Crippen LogP contribution < -0.4 is 10.1 Å². The number of piperidine rings is 1. The van der Waals surface area contributed by atoms with E-state index < -0.39 is 0 Å². The summed E-state index contributed by atoms with van der Waals surface area (Å²) in [5.74, 6) is 0.735. The van der Waals surface area contributed by atoms with Crippen molar-refractivity contribution in [1.29, 1.82) is 0 Å². The summed E-state index contributed by atoms with van der Waals surface area (Å²) in [7, 11) is 1.67. The Morgan fingerprint density at radius 2 is 2.29 bits per heavy atom. The quantitative estimate of drug-likeness (QED) is 0.870. The van der Waals surface area contributed by atoms with E-state index in [1.54, 1.807) is 13.1 Å². The minimum Gasteiger partial charge on any atom is -0.504 e. The molecule has 2 N–H and O–H groups in total. The first-order valence-electron chi connectivity index (χ1n) is 7.56. The van der Waals surface area contributed by atoms with Crippen LogP contribution in [0.15, 0.2) is 18.2 Å². The van der Waals surface area contributed by atoms with Gasteiger partial charge >= 0.3 is 0 Å². The van der Waals surface area contributed by atoms with E-state index in [2.05, 4.69) is 10.2 Å². The number of carbonyl (C=O) groups excluding carboxylic acids is 1. The Bertz CT molecular complexity index is 490. The van der Waals surface area contributed by atoms with Gasteiger partial charge in [0.1, 0.15) is 0 Å². The van der Waals surface area contributed by atoms with Crippen molar-refractivity contribution in [3.05, 3.63) is 23.8 Å². The van der Waals surface area contributed by atoms with Gasteiger partial charge in [-0.2, -0.15) is 0 Å². The maximum atomic E-state index is 12.0. The minimum absolute atomic E-state index is 0.0511. The fraction of sp³-hybridized carbons (Fsp3) is 0.562. The van der Waals surface area contributed by atoms with Gasteiger partial charge in [0.15, 0.2) is 11.5 Å². The van der Waals surface area contributed by atoms with Gasteiger partial charge in [-0.25, -0.2) is 0 Å². The molecule has 1 unspecified atom stereocenters. The molecule has 0 aliphatic carbocycles. The maximum Gasteiger partial charge on any atom is 0.237 e. The van der Waals surface area contributed by atoms with E-state index >= 15 is 0 Å². The first-order valence-corrected chi connectivity index (χ1v) is 7.56. The van der Waals surface area contributed by atoms with Crippen molar-refractivity contribution in [2.45, 2.75) is 38.8 Å². The Morgan fingerprint density at radius 1 is 1.48 bits per heavy atom. The highest BCUT2D eigenvalue weighted by molar-refractivity contribution is 5.81. The summed E-state index contributed by atoms with van der Waals surface area (Å²) in [6, 6.07) is 5.40. The molecule has 0 aromatic heterocycles. The number of ether oxygens (including phenoxy) is 1. The Kier molecular flexibility index (Phi) is 5.44. The lowest BCUT2D eigenvalue weighted by Crippen LogP contribution is -2.48. The van der Waals surface area contributed by atoms with Crippen LogP contribution in [-0.2, 0) is 11.3 Å². The molecule has 1 heterocycles. The van der Waals surface area contributed by atoms with Crippen LogP contribution in [0.25, 0.3) is 0 Å². The second-order valence-electron chi connectivity index (χ2n) is 5.29. The summed E-state index contributed by atoms with van der Waals surface area (Å²) in [5.41, 5.74) is 0.803. The van der Waals surface area contributed by atoms with Crippen LogP contribution >= 0.6 is 0 Å². The summed E-state index contributed by atoms with van der Waals surface area (Å²) in [5, 5.41) is 13.0. The molecule has 1 aromatic rings. The van der Waals surface area contributed by atoms with E-state index in [1.807, 2.05) is 19.1 Å². The van der Waals surface area contributed by atoms with Crippen LogP contribution in [0, 0.1) is 0 Å². The van der Waals surface area contributed by atoms with Crippen molar-refractivity contribution in [3.63, 3.8) is 0 Å². The summed E-state index contributed by atoms with van der Waals surface area (Å²) in [6.45, 7) is 3.83. The maximum absolute atomic E-state index is 12.0. The van der Waals surface area contributed by atoms with Crippen molar-refractivity contribution in [2.75, 3.05) is 20.2 Å². The molecule has 1 aliphatic heterocycles. The molecule has 1 saturated heterocycles. The topological polar surface area (TPSA) is 61.8 Å². The van der Waals surface area contributed by atoms with E-state index in [0.29, 0.717) is 18.9 Å². The van der Waals surface area contributed by atoms with Gasteiger partial charge in [0.05, 0.1) is 12.6 Å². The van der Waals surface area contributed by atoms with E-state index in [1.165, 1.54) is 0 Å². The van der Waals surface area contributed by atoms with E-state index in [4.69, 9.17) is 4.74 Å². The standard InChI is InChI=1S/C16H24N2O3/c1-3-21-14-9-6-7-12(15(14)19)11-18-10-5-4-8-13(18)16(20)17-2/h6-7,9,13,19H,3-5,8,10-11H2,1-2H3,(H,17,20). The Hall–Kier alpha value is -1.75. The van der Waals surface area contributed by atoms with Gasteiger partial charge in [-0.1, -0.05) is 18.6 Å². The normalized spacial score (nSPS) is 19.2. The highest BCUT2D eigenvalue weighted by Gasteiger charge is 2.28. The number of phenols is 1. The van der Waals surface area contributed by atoms with Crippen LogP contribution in [-0.4, -0.2) is 42.2 Å². The van der Waals surface area contributed by atoms with Gasteiger partial charge in [0.25, 0.3) is 0 Å². The van der Waals surface area contributed by atoms with Gasteiger partial charge in [-0.3, -0.25) is 9.69 Å². The van der Waals surface area contributed by atoms with Crippen molar-refractivity contribution in [3.8, 4) is 11.5 Å². The van der Waals surface area contributed by atoms with Gasteiger partial charge in [-0.05, 0) is 32.4 Å². The molecule has 21 heavy (non-hydrogen) atoms. The second-order valence-corrected chi connectivity index (χ2v) is 5.29. The van der Waals surface area contributed by atoms with Crippen molar-refractivity contribution >= 4 is 5.91 Å². The van der Waals surface area contributed by atoms with Crippen molar-refractivity contribution < 1.29 is 14.6 Å². The summed E-state index contributed by atoms with van der Waals surface area (Å²) >= 11 is 0. The van der Waals surface area contributed by atoms with Gasteiger partial charge in [-0.15, -0.1) is 0 Å². The molecule has 0 spiro atoms. The monoisotopic (exact) mass is 292 g/mol. The molecule has 1 amide bonds.